The minimum absolute atomic E-state index is 0.146. The van der Waals surface area contributed by atoms with Gasteiger partial charge < -0.3 is 5.11 Å². The first-order chi connectivity index (χ1) is 5.65. The quantitative estimate of drug-likeness (QED) is 0.648. The number of hydrogen-bond donors (Lipinski definition) is 1. The summed E-state index contributed by atoms with van der Waals surface area (Å²) >= 11 is 0. The topological polar surface area (TPSA) is 40.5 Å². The Bertz CT molecular complexity index is 170. The Labute approximate surface area is 73.4 Å². The van der Waals surface area contributed by atoms with Crippen molar-refractivity contribution in [1.29, 1.82) is 0 Å². The summed E-state index contributed by atoms with van der Waals surface area (Å²) in [6.45, 7) is 5.68. The van der Waals surface area contributed by atoms with Gasteiger partial charge in [0.15, 0.2) is 0 Å². The third-order valence-electron chi connectivity index (χ3n) is 2.57. The molecule has 3 nitrogen and oxygen atoms in total. The summed E-state index contributed by atoms with van der Waals surface area (Å²) in [5.74, 6) is 0.504. The molecule has 0 aromatic rings. The minimum atomic E-state index is 0.146. The second kappa shape index (κ2) is 4.01. The van der Waals surface area contributed by atoms with Gasteiger partial charge in [-0.25, -0.2) is 0 Å². The second-order valence-electron chi connectivity index (χ2n) is 3.64. The maximum atomic E-state index is 11.3. The molecule has 0 radical (unpaired) electrons. The van der Waals surface area contributed by atoms with E-state index in [4.69, 9.17) is 5.11 Å². The summed E-state index contributed by atoms with van der Waals surface area (Å²) < 4.78 is 0. The lowest BCUT2D eigenvalue weighted by molar-refractivity contribution is -0.127. The van der Waals surface area contributed by atoms with E-state index >= 15 is 0 Å². The smallest absolute Gasteiger partial charge is 0.138 e. The lowest BCUT2D eigenvalue weighted by Crippen LogP contribution is -2.46. The van der Waals surface area contributed by atoms with Gasteiger partial charge in [-0.2, -0.15) is 0 Å². The largest absolute Gasteiger partial charge is 0.395 e. The van der Waals surface area contributed by atoms with Crippen molar-refractivity contribution in [2.45, 2.75) is 26.3 Å². The Morgan fingerprint density at radius 1 is 1.58 bits per heavy atom. The number of aliphatic hydroxyl groups excluding tert-OH is 1. The van der Waals surface area contributed by atoms with Crippen LogP contribution in [-0.2, 0) is 4.79 Å². The van der Waals surface area contributed by atoms with Crippen LogP contribution in [0.1, 0.15) is 20.3 Å². The molecule has 1 aliphatic rings. The van der Waals surface area contributed by atoms with Gasteiger partial charge in [-0.1, -0.05) is 6.92 Å². The van der Waals surface area contributed by atoms with Crippen molar-refractivity contribution in [2.24, 2.45) is 5.92 Å². The summed E-state index contributed by atoms with van der Waals surface area (Å²) in [5.41, 5.74) is 0. The van der Waals surface area contributed by atoms with E-state index in [-0.39, 0.29) is 12.5 Å². The lowest BCUT2D eigenvalue weighted by Gasteiger charge is -2.35. The zero-order valence-corrected chi connectivity index (χ0v) is 7.79. The SMILES string of the molecule is CC1CN(CCO)C(C)CC1=O. The van der Waals surface area contributed by atoms with Gasteiger partial charge >= 0.3 is 0 Å². The van der Waals surface area contributed by atoms with Crippen LogP contribution in [0.5, 0.6) is 0 Å². The van der Waals surface area contributed by atoms with E-state index in [1.165, 1.54) is 0 Å². The van der Waals surface area contributed by atoms with Crippen LogP contribution >= 0.6 is 0 Å². The molecule has 1 heterocycles. The van der Waals surface area contributed by atoms with Crippen LogP contribution in [0.25, 0.3) is 0 Å². The van der Waals surface area contributed by atoms with Crippen molar-refractivity contribution in [1.82, 2.24) is 4.90 Å². The Morgan fingerprint density at radius 3 is 2.83 bits per heavy atom. The van der Waals surface area contributed by atoms with Crippen molar-refractivity contribution in [2.75, 3.05) is 19.7 Å². The monoisotopic (exact) mass is 171 g/mol. The summed E-state index contributed by atoms with van der Waals surface area (Å²) in [7, 11) is 0. The van der Waals surface area contributed by atoms with Gasteiger partial charge in [-0.05, 0) is 6.92 Å². The maximum absolute atomic E-state index is 11.3. The number of carbonyl (C=O) groups is 1. The van der Waals surface area contributed by atoms with E-state index in [0.717, 1.165) is 6.54 Å². The predicted molar refractivity (Wildman–Crippen MR) is 46.9 cm³/mol. The average Bonchev–Trinajstić information content (AvgIpc) is 2.01. The van der Waals surface area contributed by atoms with Crippen LogP contribution in [0.4, 0.5) is 0 Å². The van der Waals surface area contributed by atoms with Crippen LogP contribution in [-0.4, -0.2) is 41.5 Å². The highest BCUT2D eigenvalue weighted by molar-refractivity contribution is 5.82. The van der Waals surface area contributed by atoms with E-state index in [9.17, 15) is 4.79 Å². The van der Waals surface area contributed by atoms with Gasteiger partial charge in [0.05, 0.1) is 6.61 Å². The van der Waals surface area contributed by atoms with Crippen molar-refractivity contribution in [3.63, 3.8) is 0 Å². The minimum Gasteiger partial charge on any atom is -0.395 e. The first kappa shape index (κ1) is 9.68. The molecular formula is C9H17NO2. The molecule has 1 saturated heterocycles. The second-order valence-corrected chi connectivity index (χ2v) is 3.64. The Kier molecular flexibility index (Phi) is 3.23. The molecule has 70 valence electrons. The van der Waals surface area contributed by atoms with Crippen LogP contribution < -0.4 is 0 Å². The van der Waals surface area contributed by atoms with Crippen LogP contribution in [0.2, 0.25) is 0 Å². The van der Waals surface area contributed by atoms with Crippen molar-refractivity contribution in [3.05, 3.63) is 0 Å². The normalized spacial score (nSPS) is 32.4. The molecule has 0 aliphatic carbocycles. The molecule has 3 heteroatoms. The van der Waals surface area contributed by atoms with E-state index in [2.05, 4.69) is 4.90 Å². The maximum Gasteiger partial charge on any atom is 0.138 e. The zero-order chi connectivity index (χ0) is 9.14. The molecule has 0 aromatic carbocycles. The summed E-state index contributed by atoms with van der Waals surface area (Å²) in [4.78, 5) is 13.4. The highest BCUT2D eigenvalue weighted by Crippen LogP contribution is 2.17. The van der Waals surface area contributed by atoms with Gasteiger partial charge in [0.1, 0.15) is 5.78 Å². The molecule has 1 fully saturated rings. The van der Waals surface area contributed by atoms with Gasteiger partial charge in [0.25, 0.3) is 0 Å². The van der Waals surface area contributed by atoms with Crippen molar-refractivity contribution < 1.29 is 9.90 Å². The van der Waals surface area contributed by atoms with Crippen LogP contribution in [0.15, 0.2) is 0 Å². The average molecular weight is 171 g/mol. The number of piperidine rings is 1. The number of nitrogens with zero attached hydrogens (tertiary/aromatic N) is 1. The van der Waals surface area contributed by atoms with Crippen molar-refractivity contribution >= 4 is 5.78 Å². The van der Waals surface area contributed by atoms with Crippen LogP contribution in [0.3, 0.4) is 0 Å². The number of Topliss-reactive ketones (excluding diaryl/α,β-unsaturated/α-hetero) is 1. The number of rotatable bonds is 2. The number of carbonyl (C=O) groups excluding carboxylic acids is 1. The molecule has 1 N–H and O–H groups in total. The number of aliphatic hydroxyl groups is 1. The van der Waals surface area contributed by atoms with E-state index in [1.54, 1.807) is 0 Å². The van der Waals surface area contributed by atoms with Crippen molar-refractivity contribution in [3.8, 4) is 0 Å². The van der Waals surface area contributed by atoms with Gasteiger partial charge in [-0.15, -0.1) is 0 Å². The Morgan fingerprint density at radius 2 is 2.25 bits per heavy atom. The Balaban J connectivity index is 2.49. The number of β-amino-alcohol motifs (C(OH)–C–C–N with tert-alkyl or cyclic N) is 1. The van der Waals surface area contributed by atoms with Gasteiger partial charge in [0.2, 0.25) is 0 Å². The number of ketones is 1. The zero-order valence-electron chi connectivity index (χ0n) is 7.79. The van der Waals surface area contributed by atoms with E-state index in [0.29, 0.717) is 24.8 Å². The lowest BCUT2D eigenvalue weighted by atomic mass is 9.94. The molecule has 0 spiro atoms. The standard InChI is InChI=1S/C9H17NO2/c1-7-6-10(3-4-11)8(2)5-9(7)12/h7-8,11H,3-6H2,1-2H3. The fraction of sp³-hybridized carbons (Fsp3) is 0.889. The molecule has 0 saturated carbocycles. The predicted octanol–water partition coefficient (Wildman–Crippen LogP) is 0.278. The highest BCUT2D eigenvalue weighted by atomic mass is 16.3. The summed E-state index contributed by atoms with van der Waals surface area (Å²) in [6, 6.07) is 0.306. The number of hydrogen-bond acceptors (Lipinski definition) is 3. The fourth-order valence-electron chi connectivity index (χ4n) is 1.70. The molecule has 1 aliphatic heterocycles. The molecule has 0 amide bonds. The van der Waals surface area contributed by atoms with E-state index in [1.807, 2.05) is 13.8 Å². The number of likely N-dealkylation sites (tertiary alicyclic amines) is 1. The van der Waals surface area contributed by atoms with Gasteiger partial charge in [0, 0.05) is 31.5 Å². The fourth-order valence-corrected chi connectivity index (χ4v) is 1.70. The first-order valence-electron chi connectivity index (χ1n) is 4.52. The third-order valence-corrected chi connectivity index (χ3v) is 2.57. The molecule has 2 unspecified atom stereocenters. The highest BCUT2D eigenvalue weighted by Gasteiger charge is 2.28. The molecule has 0 aromatic heterocycles. The summed E-state index contributed by atoms with van der Waals surface area (Å²) in [5, 5.41) is 8.76. The first-order valence-corrected chi connectivity index (χ1v) is 4.52. The van der Waals surface area contributed by atoms with Gasteiger partial charge in [-0.3, -0.25) is 9.69 Å². The summed E-state index contributed by atoms with van der Waals surface area (Å²) in [6.07, 6.45) is 0.640. The Hall–Kier alpha value is -0.410. The molecule has 0 bridgehead atoms. The molecule has 12 heavy (non-hydrogen) atoms. The van der Waals surface area contributed by atoms with E-state index < -0.39 is 0 Å². The molecule has 1 rings (SSSR count). The molecule has 2 atom stereocenters. The van der Waals surface area contributed by atoms with Crippen LogP contribution in [0, 0.1) is 5.92 Å². The molecular weight excluding hydrogens is 154 g/mol. The third kappa shape index (κ3) is 2.05.